The molecule has 1 aromatic carbocycles. The standard InChI is InChI=1S/C14H19NO2/c1-9-5-11(7-12(6-9)14(16)17)13-3-4-15-8-10(13)2/h5-7,10,13,15H,3-4,8H2,1-2H3,(H,16,17)/t10-,13+/m1/s1. The quantitative estimate of drug-likeness (QED) is 0.824. The van der Waals surface area contributed by atoms with E-state index in [0.717, 1.165) is 25.1 Å². The van der Waals surface area contributed by atoms with Crippen molar-refractivity contribution >= 4 is 5.97 Å². The van der Waals surface area contributed by atoms with Gasteiger partial charge in [-0.25, -0.2) is 4.79 Å². The fourth-order valence-electron chi connectivity index (χ4n) is 2.66. The lowest BCUT2D eigenvalue weighted by Crippen LogP contribution is -2.33. The first-order valence-electron chi connectivity index (χ1n) is 6.13. The second-order valence-corrected chi connectivity index (χ2v) is 5.01. The van der Waals surface area contributed by atoms with E-state index in [2.05, 4.69) is 18.3 Å². The van der Waals surface area contributed by atoms with E-state index in [9.17, 15) is 4.79 Å². The number of nitrogens with one attached hydrogen (secondary N) is 1. The molecular formula is C14H19NO2. The van der Waals surface area contributed by atoms with Crippen molar-refractivity contribution in [2.45, 2.75) is 26.2 Å². The van der Waals surface area contributed by atoms with Crippen LogP contribution >= 0.6 is 0 Å². The van der Waals surface area contributed by atoms with E-state index in [0.29, 0.717) is 17.4 Å². The molecule has 0 saturated carbocycles. The third-order valence-electron chi connectivity index (χ3n) is 3.56. The van der Waals surface area contributed by atoms with E-state index in [1.54, 1.807) is 6.07 Å². The second-order valence-electron chi connectivity index (χ2n) is 5.01. The molecule has 0 unspecified atom stereocenters. The van der Waals surface area contributed by atoms with Crippen LogP contribution in [0.1, 0.15) is 40.7 Å². The lowest BCUT2D eigenvalue weighted by atomic mass is 9.81. The number of benzene rings is 1. The Labute approximate surface area is 102 Å². The minimum atomic E-state index is -0.837. The SMILES string of the molecule is Cc1cc(C(=O)O)cc([C@H]2CCNC[C@H]2C)c1. The predicted octanol–water partition coefficient (Wildman–Crippen LogP) is 2.41. The van der Waals surface area contributed by atoms with E-state index in [1.165, 1.54) is 5.56 Å². The van der Waals surface area contributed by atoms with Gasteiger partial charge in [-0.1, -0.05) is 13.0 Å². The monoisotopic (exact) mass is 233 g/mol. The summed E-state index contributed by atoms with van der Waals surface area (Å²) in [7, 11) is 0. The Balaban J connectivity index is 2.33. The molecule has 1 heterocycles. The van der Waals surface area contributed by atoms with Gasteiger partial charge in [-0.3, -0.25) is 0 Å². The molecule has 2 rings (SSSR count). The molecule has 0 spiro atoms. The molecule has 0 radical (unpaired) electrons. The molecule has 1 aliphatic heterocycles. The van der Waals surface area contributed by atoms with Crippen molar-refractivity contribution < 1.29 is 9.90 Å². The molecular weight excluding hydrogens is 214 g/mol. The number of carbonyl (C=O) groups is 1. The van der Waals surface area contributed by atoms with Gasteiger partial charge in [0.25, 0.3) is 0 Å². The zero-order valence-electron chi connectivity index (χ0n) is 10.4. The number of hydrogen-bond donors (Lipinski definition) is 2. The average molecular weight is 233 g/mol. The van der Waals surface area contributed by atoms with Gasteiger partial charge >= 0.3 is 5.97 Å². The first-order valence-corrected chi connectivity index (χ1v) is 6.13. The summed E-state index contributed by atoms with van der Waals surface area (Å²) < 4.78 is 0. The number of hydrogen-bond acceptors (Lipinski definition) is 2. The van der Waals surface area contributed by atoms with Crippen LogP contribution in [0.3, 0.4) is 0 Å². The van der Waals surface area contributed by atoms with Crippen molar-refractivity contribution in [3.8, 4) is 0 Å². The van der Waals surface area contributed by atoms with E-state index >= 15 is 0 Å². The van der Waals surface area contributed by atoms with Gasteiger partial charge in [-0.2, -0.15) is 0 Å². The molecule has 1 saturated heterocycles. The second kappa shape index (κ2) is 4.88. The van der Waals surface area contributed by atoms with Gasteiger partial charge in [0.1, 0.15) is 0 Å². The number of rotatable bonds is 2. The van der Waals surface area contributed by atoms with Crippen molar-refractivity contribution in [3.63, 3.8) is 0 Å². The maximum atomic E-state index is 11.1. The molecule has 17 heavy (non-hydrogen) atoms. The number of carboxylic acids is 1. The van der Waals surface area contributed by atoms with Crippen LogP contribution in [0.2, 0.25) is 0 Å². The summed E-state index contributed by atoms with van der Waals surface area (Å²) in [4.78, 5) is 11.1. The Kier molecular flexibility index (Phi) is 3.48. The maximum Gasteiger partial charge on any atom is 0.335 e. The highest BCUT2D eigenvalue weighted by Gasteiger charge is 2.23. The topological polar surface area (TPSA) is 49.3 Å². The highest BCUT2D eigenvalue weighted by Crippen LogP contribution is 2.31. The average Bonchev–Trinajstić information content (AvgIpc) is 2.28. The van der Waals surface area contributed by atoms with E-state index in [-0.39, 0.29) is 0 Å². The van der Waals surface area contributed by atoms with Crippen LogP contribution in [0.25, 0.3) is 0 Å². The number of aromatic carboxylic acids is 1. The van der Waals surface area contributed by atoms with Gasteiger partial charge in [0.05, 0.1) is 5.56 Å². The molecule has 3 nitrogen and oxygen atoms in total. The molecule has 0 amide bonds. The summed E-state index contributed by atoms with van der Waals surface area (Å²) in [6, 6.07) is 5.69. The fraction of sp³-hybridized carbons (Fsp3) is 0.500. The van der Waals surface area contributed by atoms with Crippen LogP contribution in [0.4, 0.5) is 0 Å². The van der Waals surface area contributed by atoms with Crippen molar-refractivity contribution in [1.29, 1.82) is 0 Å². The molecule has 0 aromatic heterocycles. The predicted molar refractivity (Wildman–Crippen MR) is 67.5 cm³/mol. The van der Waals surface area contributed by atoms with Crippen LogP contribution < -0.4 is 5.32 Å². The summed E-state index contributed by atoms with van der Waals surface area (Å²) in [5.41, 5.74) is 2.62. The Bertz CT molecular complexity index is 428. The zero-order chi connectivity index (χ0) is 12.4. The smallest absolute Gasteiger partial charge is 0.335 e. The van der Waals surface area contributed by atoms with E-state index < -0.39 is 5.97 Å². The number of carboxylic acid groups (broad SMARTS) is 1. The third-order valence-corrected chi connectivity index (χ3v) is 3.56. The Morgan fingerprint density at radius 2 is 2.18 bits per heavy atom. The Hall–Kier alpha value is -1.35. The Morgan fingerprint density at radius 1 is 1.41 bits per heavy atom. The summed E-state index contributed by atoms with van der Waals surface area (Å²) in [6.07, 6.45) is 1.09. The summed E-state index contributed by atoms with van der Waals surface area (Å²) in [6.45, 7) is 6.22. The highest BCUT2D eigenvalue weighted by molar-refractivity contribution is 5.88. The van der Waals surface area contributed by atoms with Crippen LogP contribution in [-0.4, -0.2) is 24.2 Å². The summed E-state index contributed by atoms with van der Waals surface area (Å²) in [5, 5.41) is 12.5. The summed E-state index contributed by atoms with van der Waals surface area (Å²) >= 11 is 0. The van der Waals surface area contributed by atoms with Gasteiger partial charge in [0.15, 0.2) is 0 Å². The van der Waals surface area contributed by atoms with Crippen LogP contribution in [0.15, 0.2) is 18.2 Å². The van der Waals surface area contributed by atoms with E-state index in [4.69, 9.17) is 5.11 Å². The molecule has 1 aromatic rings. The normalized spacial score (nSPS) is 24.6. The van der Waals surface area contributed by atoms with Crippen molar-refractivity contribution in [2.24, 2.45) is 5.92 Å². The van der Waals surface area contributed by atoms with Gasteiger partial charge in [-0.15, -0.1) is 0 Å². The van der Waals surface area contributed by atoms with Crippen molar-refractivity contribution in [1.82, 2.24) is 5.32 Å². The lowest BCUT2D eigenvalue weighted by Gasteiger charge is -2.30. The van der Waals surface area contributed by atoms with Crippen LogP contribution in [-0.2, 0) is 0 Å². The van der Waals surface area contributed by atoms with Crippen molar-refractivity contribution in [2.75, 3.05) is 13.1 Å². The molecule has 2 N–H and O–H groups in total. The van der Waals surface area contributed by atoms with Gasteiger partial charge in [0.2, 0.25) is 0 Å². The zero-order valence-corrected chi connectivity index (χ0v) is 10.4. The maximum absolute atomic E-state index is 11.1. The molecule has 2 atom stereocenters. The molecule has 92 valence electrons. The van der Waals surface area contributed by atoms with Gasteiger partial charge < -0.3 is 10.4 Å². The highest BCUT2D eigenvalue weighted by atomic mass is 16.4. The first kappa shape index (κ1) is 12.1. The van der Waals surface area contributed by atoms with Gasteiger partial charge in [-0.05, 0) is 61.5 Å². The van der Waals surface area contributed by atoms with Crippen LogP contribution in [0.5, 0.6) is 0 Å². The Morgan fingerprint density at radius 3 is 2.82 bits per heavy atom. The largest absolute Gasteiger partial charge is 0.478 e. The molecule has 0 bridgehead atoms. The molecule has 1 aliphatic rings. The van der Waals surface area contributed by atoms with Gasteiger partial charge in [0, 0.05) is 0 Å². The molecule has 3 heteroatoms. The molecule has 1 fully saturated rings. The number of piperidine rings is 1. The first-order chi connectivity index (χ1) is 8.08. The minimum absolute atomic E-state index is 0.408. The lowest BCUT2D eigenvalue weighted by molar-refractivity contribution is 0.0696. The minimum Gasteiger partial charge on any atom is -0.478 e. The fourth-order valence-corrected chi connectivity index (χ4v) is 2.66. The summed E-state index contributed by atoms with van der Waals surface area (Å²) in [5.74, 6) is 0.206. The third kappa shape index (κ3) is 2.67. The van der Waals surface area contributed by atoms with Crippen LogP contribution in [0, 0.1) is 12.8 Å². The molecule has 0 aliphatic carbocycles. The van der Waals surface area contributed by atoms with Crippen molar-refractivity contribution in [3.05, 3.63) is 34.9 Å². The van der Waals surface area contributed by atoms with E-state index in [1.807, 2.05) is 13.0 Å². The number of aryl methyl sites for hydroxylation is 1.